The molecule has 0 aliphatic rings. The van der Waals surface area contributed by atoms with Gasteiger partial charge in [-0.2, -0.15) is 11.8 Å². The summed E-state index contributed by atoms with van der Waals surface area (Å²) in [5, 5.41) is 9.34. The van der Waals surface area contributed by atoms with Crippen LogP contribution in [0.15, 0.2) is 24.8 Å². The monoisotopic (exact) mass is 216 g/mol. The lowest BCUT2D eigenvalue weighted by Crippen LogP contribution is -2.21. The van der Waals surface area contributed by atoms with Crippen molar-refractivity contribution in [2.75, 3.05) is 18.1 Å². The number of hydrogen-bond donors (Lipinski definition) is 1. The number of aliphatic hydroxyl groups excluding tert-OH is 1. The molecule has 0 fully saturated rings. The second kappa shape index (κ2) is 7.64. The van der Waals surface area contributed by atoms with Crippen LogP contribution in [0, 0.1) is 0 Å². The van der Waals surface area contributed by atoms with Crippen LogP contribution in [0.1, 0.15) is 6.92 Å². The highest BCUT2D eigenvalue weighted by atomic mass is 32.2. The molecule has 14 heavy (non-hydrogen) atoms. The van der Waals surface area contributed by atoms with Crippen LogP contribution in [-0.4, -0.2) is 35.3 Å². The topological polar surface area (TPSA) is 46.5 Å². The normalized spacial score (nSPS) is 11.9. The Balaban J connectivity index is 3.52. The molecule has 0 aromatic carbocycles. The third kappa shape index (κ3) is 6.74. The van der Waals surface area contributed by atoms with Gasteiger partial charge >= 0.3 is 5.97 Å². The summed E-state index contributed by atoms with van der Waals surface area (Å²) in [5.41, 5.74) is 0.343. The van der Waals surface area contributed by atoms with E-state index < -0.39 is 12.1 Å². The lowest BCUT2D eigenvalue weighted by Gasteiger charge is -2.10. The Labute approximate surface area is 88.8 Å². The SMILES string of the molecule is C=CCSCC(O)COC(=O)C(=C)C. The average molecular weight is 216 g/mol. The molecule has 0 saturated heterocycles. The summed E-state index contributed by atoms with van der Waals surface area (Å²) in [6, 6.07) is 0. The molecule has 0 rings (SSSR count). The largest absolute Gasteiger partial charge is 0.460 e. The van der Waals surface area contributed by atoms with Gasteiger partial charge in [0.25, 0.3) is 0 Å². The van der Waals surface area contributed by atoms with Crippen LogP contribution in [0.2, 0.25) is 0 Å². The molecule has 4 heteroatoms. The minimum atomic E-state index is -0.622. The smallest absolute Gasteiger partial charge is 0.333 e. The summed E-state index contributed by atoms with van der Waals surface area (Å²) in [7, 11) is 0. The first kappa shape index (κ1) is 13.3. The number of aliphatic hydroxyl groups is 1. The van der Waals surface area contributed by atoms with Gasteiger partial charge in [0, 0.05) is 17.1 Å². The first-order valence-corrected chi connectivity index (χ1v) is 5.42. The van der Waals surface area contributed by atoms with Gasteiger partial charge in [-0.3, -0.25) is 0 Å². The highest BCUT2D eigenvalue weighted by molar-refractivity contribution is 7.99. The molecule has 1 N–H and O–H groups in total. The maximum atomic E-state index is 10.9. The highest BCUT2D eigenvalue weighted by Gasteiger charge is 2.08. The first-order valence-electron chi connectivity index (χ1n) is 4.27. The fraction of sp³-hybridized carbons (Fsp3) is 0.500. The molecule has 0 spiro atoms. The molecule has 80 valence electrons. The van der Waals surface area contributed by atoms with Crippen LogP contribution < -0.4 is 0 Å². The summed E-state index contributed by atoms with van der Waals surface area (Å²) in [6.45, 7) is 8.58. The van der Waals surface area contributed by atoms with Crippen molar-refractivity contribution in [3.05, 3.63) is 24.8 Å². The summed E-state index contributed by atoms with van der Waals surface area (Å²) in [5.74, 6) is 0.860. The van der Waals surface area contributed by atoms with Crippen LogP contribution in [-0.2, 0) is 9.53 Å². The Morgan fingerprint density at radius 3 is 2.86 bits per heavy atom. The Kier molecular flexibility index (Phi) is 7.24. The maximum Gasteiger partial charge on any atom is 0.333 e. The number of hydrogen-bond acceptors (Lipinski definition) is 4. The number of ether oxygens (including phenoxy) is 1. The van der Waals surface area contributed by atoms with Gasteiger partial charge in [-0.15, -0.1) is 6.58 Å². The van der Waals surface area contributed by atoms with E-state index in [0.29, 0.717) is 11.3 Å². The molecule has 0 saturated carbocycles. The van der Waals surface area contributed by atoms with E-state index >= 15 is 0 Å². The zero-order chi connectivity index (χ0) is 11.0. The number of rotatable bonds is 7. The molecule has 0 aliphatic carbocycles. The van der Waals surface area contributed by atoms with E-state index in [1.807, 2.05) is 0 Å². The molecule has 0 aromatic rings. The zero-order valence-electron chi connectivity index (χ0n) is 8.36. The van der Waals surface area contributed by atoms with Gasteiger partial charge in [0.2, 0.25) is 0 Å². The summed E-state index contributed by atoms with van der Waals surface area (Å²) in [4.78, 5) is 10.9. The molecule has 0 amide bonds. The van der Waals surface area contributed by atoms with E-state index in [4.69, 9.17) is 4.74 Å². The van der Waals surface area contributed by atoms with Crippen LogP contribution >= 0.6 is 11.8 Å². The van der Waals surface area contributed by atoms with Crippen LogP contribution in [0.25, 0.3) is 0 Å². The van der Waals surface area contributed by atoms with E-state index in [1.165, 1.54) is 11.8 Å². The van der Waals surface area contributed by atoms with Gasteiger partial charge in [0.05, 0.1) is 6.10 Å². The number of carbonyl (C=O) groups excluding carboxylic acids is 1. The van der Waals surface area contributed by atoms with Crippen molar-refractivity contribution in [3.63, 3.8) is 0 Å². The van der Waals surface area contributed by atoms with Crippen molar-refractivity contribution in [2.45, 2.75) is 13.0 Å². The van der Waals surface area contributed by atoms with Crippen LogP contribution in [0.4, 0.5) is 0 Å². The molecule has 0 bridgehead atoms. The van der Waals surface area contributed by atoms with E-state index in [2.05, 4.69) is 13.2 Å². The Bertz CT molecular complexity index is 213. The molecular weight excluding hydrogens is 200 g/mol. The summed E-state index contributed by atoms with van der Waals surface area (Å²) < 4.78 is 4.77. The predicted octanol–water partition coefficient (Wildman–Crippen LogP) is 1.39. The van der Waals surface area contributed by atoms with Crippen molar-refractivity contribution in [1.29, 1.82) is 0 Å². The Morgan fingerprint density at radius 1 is 1.71 bits per heavy atom. The minimum absolute atomic E-state index is 0.0236. The standard InChI is InChI=1S/C10H16O3S/c1-4-5-14-7-9(11)6-13-10(12)8(2)3/h4,9,11H,1-2,5-7H2,3H3. The van der Waals surface area contributed by atoms with Crippen LogP contribution in [0.5, 0.6) is 0 Å². The molecule has 0 heterocycles. The van der Waals surface area contributed by atoms with Crippen molar-refractivity contribution in [2.24, 2.45) is 0 Å². The van der Waals surface area contributed by atoms with Gasteiger partial charge in [-0.25, -0.2) is 4.79 Å². The van der Waals surface area contributed by atoms with Gasteiger partial charge in [-0.1, -0.05) is 12.7 Å². The lowest BCUT2D eigenvalue weighted by atomic mass is 10.3. The van der Waals surface area contributed by atoms with Gasteiger partial charge in [0.15, 0.2) is 0 Å². The van der Waals surface area contributed by atoms with Crippen molar-refractivity contribution in [3.8, 4) is 0 Å². The molecule has 1 unspecified atom stereocenters. The third-order valence-electron chi connectivity index (χ3n) is 1.30. The molecule has 0 aliphatic heterocycles. The lowest BCUT2D eigenvalue weighted by molar-refractivity contribution is -0.141. The van der Waals surface area contributed by atoms with Gasteiger partial charge in [-0.05, 0) is 6.92 Å². The van der Waals surface area contributed by atoms with E-state index in [1.54, 1.807) is 13.0 Å². The molecule has 3 nitrogen and oxygen atoms in total. The number of esters is 1. The highest BCUT2D eigenvalue weighted by Crippen LogP contribution is 2.04. The van der Waals surface area contributed by atoms with E-state index in [9.17, 15) is 9.90 Å². The predicted molar refractivity (Wildman–Crippen MR) is 59.3 cm³/mol. The fourth-order valence-electron chi connectivity index (χ4n) is 0.631. The third-order valence-corrected chi connectivity index (χ3v) is 2.39. The molecule has 0 radical (unpaired) electrons. The molecular formula is C10H16O3S. The second-order valence-corrected chi connectivity index (χ2v) is 3.93. The molecule has 0 aromatic heterocycles. The van der Waals surface area contributed by atoms with E-state index in [0.717, 1.165) is 5.75 Å². The van der Waals surface area contributed by atoms with Crippen molar-refractivity contribution in [1.82, 2.24) is 0 Å². The molecule has 1 atom stereocenters. The number of thioether (sulfide) groups is 1. The van der Waals surface area contributed by atoms with Crippen LogP contribution in [0.3, 0.4) is 0 Å². The van der Waals surface area contributed by atoms with Gasteiger partial charge < -0.3 is 9.84 Å². The Morgan fingerprint density at radius 2 is 2.36 bits per heavy atom. The fourth-order valence-corrected chi connectivity index (χ4v) is 1.30. The van der Waals surface area contributed by atoms with E-state index in [-0.39, 0.29) is 6.61 Å². The average Bonchev–Trinajstić information content (AvgIpc) is 2.14. The number of carbonyl (C=O) groups is 1. The second-order valence-electron chi connectivity index (χ2n) is 2.86. The first-order chi connectivity index (χ1) is 6.57. The minimum Gasteiger partial charge on any atom is -0.460 e. The Hall–Kier alpha value is -0.740. The zero-order valence-corrected chi connectivity index (χ0v) is 9.18. The summed E-state index contributed by atoms with van der Waals surface area (Å²) in [6.07, 6.45) is 1.14. The summed E-state index contributed by atoms with van der Waals surface area (Å²) >= 11 is 1.54. The van der Waals surface area contributed by atoms with Crippen molar-refractivity contribution >= 4 is 17.7 Å². The van der Waals surface area contributed by atoms with Crippen molar-refractivity contribution < 1.29 is 14.6 Å². The maximum absolute atomic E-state index is 10.9. The quantitative estimate of drug-likeness (QED) is 0.302. The van der Waals surface area contributed by atoms with Gasteiger partial charge in [0.1, 0.15) is 6.61 Å².